The molecule has 3 aliphatic rings. The van der Waals surface area contributed by atoms with Crippen molar-refractivity contribution in [1.82, 2.24) is 24.3 Å². The van der Waals surface area contributed by atoms with E-state index >= 15 is 0 Å². The zero-order chi connectivity index (χ0) is 30.8. The molecule has 2 aromatic heterocycles. The second kappa shape index (κ2) is 13.0. The second-order valence-corrected chi connectivity index (χ2v) is 13.3. The highest BCUT2D eigenvalue weighted by atomic mass is 19.4. The number of anilines is 1. The molecule has 12 heteroatoms. The maximum atomic E-state index is 12.7. The van der Waals surface area contributed by atoms with Crippen LogP contribution in [0.25, 0.3) is 16.6 Å². The summed E-state index contributed by atoms with van der Waals surface area (Å²) in [7, 11) is 0. The highest BCUT2D eigenvalue weighted by molar-refractivity contribution is 5.91. The number of ether oxygens (including phenoxy) is 1. The van der Waals surface area contributed by atoms with E-state index in [-0.39, 0.29) is 30.7 Å². The molecule has 1 amide bonds. The van der Waals surface area contributed by atoms with Crippen molar-refractivity contribution < 1.29 is 27.8 Å². The Labute approximate surface area is 251 Å². The van der Waals surface area contributed by atoms with Crippen molar-refractivity contribution >= 4 is 28.6 Å². The van der Waals surface area contributed by atoms with Crippen LogP contribution in [-0.4, -0.2) is 92.7 Å². The number of halogens is 3. The molecule has 238 valence electrons. The predicted octanol–water partition coefficient (Wildman–Crippen LogP) is 6.01. The van der Waals surface area contributed by atoms with Crippen molar-refractivity contribution in [3.05, 3.63) is 24.0 Å². The molecule has 2 aromatic rings. The lowest BCUT2D eigenvalue weighted by atomic mass is 9.86. The molecule has 5 rings (SSSR count). The van der Waals surface area contributed by atoms with Crippen LogP contribution >= 0.6 is 0 Å². The van der Waals surface area contributed by atoms with Gasteiger partial charge in [0.05, 0.1) is 12.5 Å². The third-order valence-corrected chi connectivity index (χ3v) is 8.73. The minimum Gasteiger partial charge on any atom is -0.444 e. The molecule has 1 saturated heterocycles. The number of hydrogen-bond acceptors (Lipinski definition) is 7. The van der Waals surface area contributed by atoms with Gasteiger partial charge in [0.2, 0.25) is 5.95 Å². The number of aliphatic hydroxyl groups is 1. The molecule has 1 aliphatic heterocycles. The fourth-order valence-corrected chi connectivity index (χ4v) is 6.40. The molecule has 0 spiro atoms. The zero-order valence-corrected chi connectivity index (χ0v) is 25.5. The number of piperazine rings is 1. The van der Waals surface area contributed by atoms with Crippen molar-refractivity contribution in [3.8, 4) is 0 Å². The fraction of sp³-hybridized carbons (Fsp3) is 0.710. The van der Waals surface area contributed by atoms with Crippen molar-refractivity contribution in [2.75, 3.05) is 44.6 Å². The van der Waals surface area contributed by atoms with E-state index in [0.717, 1.165) is 81.2 Å². The Hall–Kier alpha value is -2.86. The van der Waals surface area contributed by atoms with Gasteiger partial charge in [0, 0.05) is 68.7 Å². The van der Waals surface area contributed by atoms with Crippen LogP contribution in [0.3, 0.4) is 0 Å². The van der Waals surface area contributed by atoms with Gasteiger partial charge in [-0.15, -0.1) is 0 Å². The SMILES string of the molecule is CC(C)(C)OC(=O)N1CCN(CC2CC=C(c3cn(C4CCC(O)CC4)c4nc(NCCC(F)(F)F)ncc34)CC2)CC1. The molecule has 1 atom stereocenters. The van der Waals surface area contributed by atoms with E-state index in [1.807, 2.05) is 20.8 Å². The second-order valence-electron chi connectivity index (χ2n) is 13.3. The van der Waals surface area contributed by atoms with Gasteiger partial charge in [0.25, 0.3) is 0 Å². The monoisotopic (exact) mass is 606 g/mol. The maximum absolute atomic E-state index is 12.7. The summed E-state index contributed by atoms with van der Waals surface area (Å²) in [6.45, 7) is 9.40. The van der Waals surface area contributed by atoms with E-state index in [2.05, 4.69) is 37.0 Å². The summed E-state index contributed by atoms with van der Waals surface area (Å²) in [5.41, 5.74) is 2.58. The minimum absolute atomic E-state index is 0.175. The highest BCUT2D eigenvalue weighted by Crippen LogP contribution is 2.38. The number of carbonyl (C=O) groups excluding carboxylic acids is 1. The first kappa shape index (κ1) is 31.6. The van der Waals surface area contributed by atoms with E-state index < -0.39 is 18.2 Å². The Bertz CT molecular complexity index is 1290. The van der Waals surface area contributed by atoms with Crippen LogP contribution < -0.4 is 5.32 Å². The van der Waals surface area contributed by atoms with Crippen molar-refractivity contribution in [1.29, 1.82) is 0 Å². The first-order valence-electron chi connectivity index (χ1n) is 15.6. The lowest BCUT2D eigenvalue weighted by molar-refractivity contribution is -0.131. The third kappa shape index (κ3) is 8.41. The van der Waals surface area contributed by atoms with Crippen molar-refractivity contribution in [2.24, 2.45) is 5.92 Å². The van der Waals surface area contributed by atoms with Gasteiger partial charge in [0.15, 0.2) is 0 Å². The molecule has 0 bridgehead atoms. The van der Waals surface area contributed by atoms with Gasteiger partial charge in [0.1, 0.15) is 11.2 Å². The number of alkyl halides is 3. The van der Waals surface area contributed by atoms with Crippen LogP contribution in [0.2, 0.25) is 0 Å². The number of nitrogens with one attached hydrogen (secondary N) is 1. The molecule has 3 heterocycles. The molecule has 1 unspecified atom stereocenters. The summed E-state index contributed by atoms with van der Waals surface area (Å²) >= 11 is 0. The zero-order valence-electron chi connectivity index (χ0n) is 25.5. The minimum atomic E-state index is -4.24. The molecule has 43 heavy (non-hydrogen) atoms. The molecule has 2 fully saturated rings. The summed E-state index contributed by atoms with van der Waals surface area (Å²) in [6.07, 6.45) is 6.51. The van der Waals surface area contributed by atoms with E-state index in [9.17, 15) is 23.1 Å². The lowest BCUT2D eigenvalue weighted by Crippen LogP contribution is -2.50. The lowest BCUT2D eigenvalue weighted by Gasteiger charge is -2.37. The van der Waals surface area contributed by atoms with Crippen LogP contribution in [0.15, 0.2) is 18.5 Å². The number of hydrogen-bond donors (Lipinski definition) is 2. The smallest absolute Gasteiger partial charge is 0.410 e. The van der Waals surface area contributed by atoms with Gasteiger partial charge < -0.3 is 24.6 Å². The number of allylic oxidation sites excluding steroid dienone is 2. The van der Waals surface area contributed by atoms with Crippen LogP contribution in [0.5, 0.6) is 0 Å². The van der Waals surface area contributed by atoms with Gasteiger partial charge >= 0.3 is 12.3 Å². The Morgan fingerprint density at radius 2 is 1.81 bits per heavy atom. The molecule has 1 saturated carbocycles. The Kier molecular flexibility index (Phi) is 9.55. The van der Waals surface area contributed by atoms with Gasteiger partial charge in [-0.2, -0.15) is 18.2 Å². The van der Waals surface area contributed by atoms with Gasteiger partial charge in [-0.05, 0) is 77.2 Å². The summed E-state index contributed by atoms with van der Waals surface area (Å²) in [6, 6.07) is 0.175. The molecular weight excluding hydrogens is 561 g/mol. The maximum Gasteiger partial charge on any atom is 0.410 e. The van der Waals surface area contributed by atoms with Crippen molar-refractivity contribution in [3.63, 3.8) is 0 Å². The molecule has 2 N–H and O–H groups in total. The van der Waals surface area contributed by atoms with Crippen LogP contribution in [0, 0.1) is 5.92 Å². The first-order chi connectivity index (χ1) is 20.3. The summed E-state index contributed by atoms with van der Waals surface area (Å²) in [5, 5.41) is 13.7. The fourth-order valence-electron chi connectivity index (χ4n) is 6.40. The Balaban J connectivity index is 1.25. The number of rotatable bonds is 7. The topological polar surface area (TPSA) is 95.8 Å². The van der Waals surface area contributed by atoms with Crippen molar-refractivity contribution in [2.45, 2.75) is 96.1 Å². The van der Waals surface area contributed by atoms with Gasteiger partial charge in [-0.25, -0.2) is 9.78 Å². The van der Waals surface area contributed by atoms with E-state index in [1.165, 1.54) is 5.57 Å². The average molecular weight is 607 g/mol. The molecule has 9 nitrogen and oxygen atoms in total. The number of nitrogens with zero attached hydrogens (tertiary/aromatic N) is 5. The van der Waals surface area contributed by atoms with Gasteiger partial charge in [-0.3, -0.25) is 4.90 Å². The average Bonchev–Trinajstić information content (AvgIpc) is 3.31. The molecule has 0 radical (unpaired) electrons. The number of fused-ring (bicyclic) bond motifs is 1. The molecular formula is C31H45F3N6O3. The largest absolute Gasteiger partial charge is 0.444 e. The van der Waals surface area contributed by atoms with Crippen LogP contribution in [0.4, 0.5) is 23.9 Å². The Morgan fingerprint density at radius 3 is 2.44 bits per heavy atom. The summed E-state index contributed by atoms with van der Waals surface area (Å²) in [4.78, 5) is 25.7. The number of amides is 1. The van der Waals surface area contributed by atoms with Gasteiger partial charge in [-0.1, -0.05) is 6.08 Å². The normalized spacial score (nSPS) is 24.2. The third-order valence-electron chi connectivity index (χ3n) is 8.73. The standard InChI is InChI=1S/C31H45F3N6O3/c1-30(2,3)43-29(42)39-16-14-38(15-17-39)19-21-4-6-22(7-5-21)26-20-40(23-8-10-24(41)11-9-23)27-25(26)18-36-28(37-27)35-13-12-31(32,33)34/h6,18,20-21,23-24,41H,4-5,7-17,19H2,1-3H3,(H,35,36,37). The Morgan fingerprint density at radius 1 is 1.09 bits per heavy atom. The van der Waals surface area contributed by atoms with Crippen LogP contribution in [-0.2, 0) is 4.74 Å². The first-order valence-corrected chi connectivity index (χ1v) is 15.6. The van der Waals surface area contributed by atoms with Crippen LogP contribution in [0.1, 0.15) is 83.7 Å². The summed E-state index contributed by atoms with van der Waals surface area (Å²) < 4.78 is 45.7. The summed E-state index contributed by atoms with van der Waals surface area (Å²) in [5.74, 6) is 0.730. The number of aliphatic hydroxyl groups excluding tert-OH is 1. The quantitative estimate of drug-likeness (QED) is 0.399. The van der Waals surface area contributed by atoms with E-state index in [0.29, 0.717) is 19.0 Å². The highest BCUT2D eigenvalue weighted by Gasteiger charge is 2.30. The number of aromatic nitrogens is 3. The van der Waals surface area contributed by atoms with E-state index in [1.54, 1.807) is 11.1 Å². The number of carbonyl (C=O) groups is 1. The van der Waals surface area contributed by atoms with E-state index in [4.69, 9.17) is 4.74 Å². The predicted molar refractivity (Wildman–Crippen MR) is 160 cm³/mol. The molecule has 0 aromatic carbocycles. The molecule has 2 aliphatic carbocycles.